The standard InChI is InChI=1S/C7H10N4O2S/c8-14(12,13)11-2-1-6-3-9-5-10-7(6)4-11/h1,3-4,10H,2,5H2,(H2,8,12,13). The Kier molecular flexibility index (Phi) is 2.05. The SMILES string of the molecule is NS(=O)(=O)N1C=C2NCN=CC2=CC1. The Morgan fingerprint density at radius 1 is 1.57 bits per heavy atom. The van der Waals surface area contributed by atoms with E-state index in [1.165, 1.54) is 6.20 Å². The first-order chi connectivity index (χ1) is 6.57. The molecule has 0 fully saturated rings. The van der Waals surface area contributed by atoms with Crippen molar-refractivity contribution in [1.29, 1.82) is 0 Å². The Labute approximate surface area is 82.0 Å². The van der Waals surface area contributed by atoms with Gasteiger partial charge in [-0.2, -0.15) is 8.42 Å². The van der Waals surface area contributed by atoms with Gasteiger partial charge in [-0.1, -0.05) is 6.08 Å². The highest BCUT2D eigenvalue weighted by Gasteiger charge is 2.19. The predicted octanol–water partition coefficient (Wildman–Crippen LogP) is -1.10. The average molecular weight is 214 g/mol. The highest BCUT2D eigenvalue weighted by atomic mass is 32.2. The molecule has 0 saturated heterocycles. The van der Waals surface area contributed by atoms with E-state index in [2.05, 4.69) is 10.3 Å². The summed E-state index contributed by atoms with van der Waals surface area (Å²) in [5, 5.41) is 7.95. The quantitative estimate of drug-likeness (QED) is 0.581. The van der Waals surface area contributed by atoms with Gasteiger partial charge in [-0.25, -0.2) is 5.14 Å². The fourth-order valence-corrected chi connectivity index (χ4v) is 1.83. The van der Waals surface area contributed by atoms with Crippen LogP contribution in [0.25, 0.3) is 0 Å². The number of nitrogens with two attached hydrogens (primary N) is 1. The van der Waals surface area contributed by atoms with Crippen molar-refractivity contribution in [1.82, 2.24) is 9.62 Å². The van der Waals surface area contributed by atoms with Crippen molar-refractivity contribution in [2.75, 3.05) is 13.2 Å². The average Bonchev–Trinajstić information content (AvgIpc) is 2.16. The van der Waals surface area contributed by atoms with Gasteiger partial charge in [-0.05, 0) is 0 Å². The first-order valence-corrected chi connectivity index (χ1v) is 5.53. The molecule has 14 heavy (non-hydrogen) atoms. The second-order valence-electron chi connectivity index (χ2n) is 2.96. The van der Waals surface area contributed by atoms with Gasteiger partial charge in [-0.3, -0.25) is 9.30 Å². The van der Waals surface area contributed by atoms with Crippen LogP contribution in [0.5, 0.6) is 0 Å². The van der Waals surface area contributed by atoms with Gasteiger partial charge in [0.15, 0.2) is 0 Å². The number of aliphatic imine (C=N–C) groups is 1. The summed E-state index contributed by atoms with van der Waals surface area (Å²) in [4.78, 5) is 4.00. The van der Waals surface area contributed by atoms with Crippen LogP contribution in [0.4, 0.5) is 0 Å². The number of nitrogens with one attached hydrogen (secondary N) is 1. The summed E-state index contributed by atoms with van der Waals surface area (Å²) in [7, 11) is -3.65. The Morgan fingerprint density at radius 3 is 3.07 bits per heavy atom. The second kappa shape index (κ2) is 3.10. The molecule has 6 nitrogen and oxygen atoms in total. The van der Waals surface area contributed by atoms with Crippen LogP contribution in [0.2, 0.25) is 0 Å². The van der Waals surface area contributed by atoms with Gasteiger partial charge < -0.3 is 5.32 Å². The van der Waals surface area contributed by atoms with Crippen molar-refractivity contribution >= 4 is 16.4 Å². The van der Waals surface area contributed by atoms with E-state index in [0.29, 0.717) is 6.67 Å². The predicted molar refractivity (Wildman–Crippen MR) is 52.5 cm³/mol. The van der Waals surface area contributed by atoms with Crippen molar-refractivity contribution in [3.63, 3.8) is 0 Å². The summed E-state index contributed by atoms with van der Waals surface area (Å²) in [5.74, 6) is 0. The summed E-state index contributed by atoms with van der Waals surface area (Å²) >= 11 is 0. The topological polar surface area (TPSA) is 87.8 Å². The van der Waals surface area contributed by atoms with Crippen LogP contribution in [0.15, 0.2) is 28.5 Å². The maximum Gasteiger partial charge on any atom is 0.298 e. The molecule has 0 aromatic carbocycles. The molecule has 0 spiro atoms. The molecule has 0 aromatic heterocycles. The Bertz CT molecular complexity index is 435. The van der Waals surface area contributed by atoms with E-state index in [-0.39, 0.29) is 6.54 Å². The Balaban J connectivity index is 2.32. The largest absolute Gasteiger partial charge is 0.365 e. The van der Waals surface area contributed by atoms with E-state index < -0.39 is 10.2 Å². The van der Waals surface area contributed by atoms with E-state index in [1.807, 2.05) is 0 Å². The highest BCUT2D eigenvalue weighted by Crippen LogP contribution is 2.15. The molecule has 7 heteroatoms. The van der Waals surface area contributed by atoms with E-state index in [9.17, 15) is 8.42 Å². The smallest absolute Gasteiger partial charge is 0.298 e. The molecule has 2 heterocycles. The van der Waals surface area contributed by atoms with Gasteiger partial charge in [-0.15, -0.1) is 0 Å². The van der Waals surface area contributed by atoms with Gasteiger partial charge in [0.1, 0.15) is 6.67 Å². The third-order valence-corrected chi connectivity index (χ3v) is 2.90. The van der Waals surface area contributed by atoms with Gasteiger partial charge >= 0.3 is 0 Å². The summed E-state index contributed by atoms with van der Waals surface area (Å²) in [6, 6.07) is 0. The second-order valence-corrected chi connectivity index (χ2v) is 4.46. The van der Waals surface area contributed by atoms with Crippen LogP contribution in [-0.2, 0) is 10.2 Å². The normalized spacial score (nSPS) is 20.8. The molecule has 2 rings (SSSR count). The minimum atomic E-state index is -3.65. The zero-order valence-electron chi connectivity index (χ0n) is 7.34. The van der Waals surface area contributed by atoms with E-state index in [4.69, 9.17) is 5.14 Å². The molecule has 0 radical (unpaired) electrons. The zero-order chi connectivity index (χ0) is 10.2. The third-order valence-electron chi connectivity index (χ3n) is 1.99. The van der Waals surface area contributed by atoms with Crippen molar-refractivity contribution in [2.24, 2.45) is 10.1 Å². The fourth-order valence-electron chi connectivity index (χ4n) is 1.29. The minimum Gasteiger partial charge on any atom is -0.365 e. The fraction of sp³-hybridized carbons (Fsp3) is 0.286. The van der Waals surface area contributed by atoms with Crippen molar-refractivity contribution in [3.05, 3.63) is 23.5 Å². The van der Waals surface area contributed by atoms with Crippen LogP contribution in [0.3, 0.4) is 0 Å². The minimum absolute atomic E-state index is 0.255. The van der Waals surface area contributed by atoms with Crippen molar-refractivity contribution in [3.8, 4) is 0 Å². The molecule has 2 aliphatic heterocycles. The Hall–Kier alpha value is -1.34. The van der Waals surface area contributed by atoms with Crippen LogP contribution < -0.4 is 10.5 Å². The third kappa shape index (κ3) is 1.64. The lowest BCUT2D eigenvalue weighted by Gasteiger charge is -2.25. The number of hydrogen-bond donors (Lipinski definition) is 2. The zero-order valence-corrected chi connectivity index (χ0v) is 8.16. The number of rotatable bonds is 1. The molecule has 76 valence electrons. The molecule has 2 aliphatic rings. The molecule has 0 bridgehead atoms. The molecule has 0 unspecified atom stereocenters. The summed E-state index contributed by atoms with van der Waals surface area (Å²) < 4.78 is 23.1. The van der Waals surface area contributed by atoms with E-state index in [0.717, 1.165) is 15.6 Å². The van der Waals surface area contributed by atoms with Gasteiger partial charge in [0, 0.05) is 18.0 Å². The maximum atomic E-state index is 11.0. The summed E-state index contributed by atoms with van der Waals surface area (Å²) in [5.41, 5.74) is 1.64. The lowest BCUT2D eigenvalue weighted by Crippen LogP contribution is -2.37. The lowest BCUT2D eigenvalue weighted by atomic mass is 10.1. The highest BCUT2D eigenvalue weighted by molar-refractivity contribution is 7.86. The first kappa shape index (κ1) is 9.22. The molecule has 3 N–H and O–H groups in total. The molecule has 0 aliphatic carbocycles. The monoisotopic (exact) mass is 214 g/mol. The molecule has 0 aromatic rings. The summed E-state index contributed by atoms with van der Waals surface area (Å²) in [6.07, 6.45) is 4.95. The van der Waals surface area contributed by atoms with Crippen molar-refractivity contribution in [2.45, 2.75) is 0 Å². The Morgan fingerprint density at radius 2 is 2.36 bits per heavy atom. The maximum absolute atomic E-state index is 11.0. The van der Waals surface area contributed by atoms with Crippen LogP contribution in [0.1, 0.15) is 0 Å². The molecular weight excluding hydrogens is 204 g/mol. The number of allylic oxidation sites excluding steroid dienone is 1. The molecular formula is C7H10N4O2S. The van der Waals surface area contributed by atoms with Crippen molar-refractivity contribution < 1.29 is 8.42 Å². The van der Waals surface area contributed by atoms with Gasteiger partial charge in [0.25, 0.3) is 10.2 Å². The van der Waals surface area contributed by atoms with E-state index >= 15 is 0 Å². The summed E-state index contributed by atoms with van der Waals surface area (Å²) in [6.45, 7) is 0.715. The first-order valence-electron chi connectivity index (χ1n) is 4.03. The van der Waals surface area contributed by atoms with Gasteiger partial charge in [0.2, 0.25) is 0 Å². The lowest BCUT2D eigenvalue weighted by molar-refractivity contribution is 0.516. The number of nitrogens with zero attached hydrogens (tertiary/aromatic N) is 2. The molecule has 0 atom stereocenters. The van der Waals surface area contributed by atoms with Crippen LogP contribution >= 0.6 is 0 Å². The van der Waals surface area contributed by atoms with Crippen LogP contribution in [-0.4, -0.2) is 32.2 Å². The van der Waals surface area contributed by atoms with Gasteiger partial charge in [0.05, 0.1) is 12.2 Å². The number of hydrogen-bond acceptors (Lipinski definition) is 4. The number of fused-ring (bicyclic) bond motifs is 1. The molecule has 0 saturated carbocycles. The van der Waals surface area contributed by atoms with Crippen LogP contribution in [0, 0.1) is 0 Å². The molecule has 0 amide bonds. The van der Waals surface area contributed by atoms with E-state index in [1.54, 1.807) is 12.3 Å².